The number of hydrogen-bond acceptors (Lipinski definition) is 6. The third-order valence-electron chi connectivity index (χ3n) is 0.713. The molecular weight excluding hydrogens is 236 g/mol. The Morgan fingerprint density at radius 1 is 1.00 bits per heavy atom. The van der Waals surface area contributed by atoms with Crippen LogP contribution in [-0.4, -0.2) is 19.2 Å². The molecule has 0 saturated heterocycles. The predicted octanol–water partition coefficient (Wildman–Crippen LogP) is 1.58. The molecule has 0 unspecified atom stereocenters. The summed E-state index contributed by atoms with van der Waals surface area (Å²) in [5.41, 5.74) is 0. The third kappa shape index (κ3) is 5.07. The van der Waals surface area contributed by atoms with Crippen LogP contribution in [0.25, 0.3) is 0 Å². The van der Waals surface area contributed by atoms with Gasteiger partial charge >= 0.3 is 0 Å². The highest BCUT2D eigenvalue weighted by Gasteiger charge is 2.09. The molecule has 12 heavy (non-hydrogen) atoms. The highest BCUT2D eigenvalue weighted by Crippen LogP contribution is 2.32. The predicted molar refractivity (Wildman–Crippen MR) is 58.2 cm³/mol. The average molecular weight is 244 g/mol. The van der Waals surface area contributed by atoms with E-state index in [1.807, 2.05) is 0 Å². The average Bonchev–Trinajstić information content (AvgIpc) is 1.98. The summed E-state index contributed by atoms with van der Waals surface area (Å²) in [7, 11) is 2.03. The van der Waals surface area contributed by atoms with E-state index >= 15 is 0 Å². The van der Waals surface area contributed by atoms with E-state index in [-0.39, 0.29) is 11.8 Å². The number of carbonyl (C=O) groups excluding carboxylic acids is 2. The van der Waals surface area contributed by atoms with Crippen molar-refractivity contribution in [1.29, 1.82) is 0 Å². The molecule has 0 aromatic heterocycles. The molecule has 0 N–H and O–H groups in total. The van der Waals surface area contributed by atoms with Gasteiger partial charge < -0.3 is 0 Å². The van der Waals surface area contributed by atoms with Crippen molar-refractivity contribution in [3.8, 4) is 0 Å². The molecule has 0 bridgehead atoms. The maximum absolute atomic E-state index is 10.6. The molecule has 0 fully saturated rings. The minimum atomic E-state index is -0.207. The fourth-order valence-corrected chi connectivity index (χ4v) is 2.05. The summed E-state index contributed by atoms with van der Waals surface area (Å²) in [5.74, 6) is -0.415. The molecule has 0 radical (unpaired) electrons. The van der Waals surface area contributed by atoms with Crippen LogP contribution < -0.4 is 0 Å². The molecule has 0 aromatic rings. The Morgan fingerprint density at radius 2 is 1.25 bits per heavy atom. The number of hydrogen-bond donors (Lipinski definition) is 2. The van der Waals surface area contributed by atoms with Crippen LogP contribution in [0.5, 0.6) is 0 Å². The zero-order valence-corrected chi connectivity index (χ0v) is 9.84. The van der Waals surface area contributed by atoms with E-state index in [4.69, 9.17) is 0 Å². The first-order valence-electron chi connectivity index (χ1n) is 2.79. The third-order valence-corrected chi connectivity index (χ3v) is 4.39. The minimum Gasteiger partial charge on any atom is -0.273 e. The molecule has 0 atom stereocenters. The van der Waals surface area contributed by atoms with Crippen molar-refractivity contribution in [2.75, 3.05) is 0 Å². The van der Waals surface area contributed by atoms with Crippen LogP contribution in [-0.2, 0) is 9.59 Å². The summed E-state index contributed by atoms with van der Waals surface area (Å²) in [6.45, 7) is 2.74. The van der Waals surface area contributed by atoms with E-state index in [2.05, 4.69) is 25.6 Å². The van der Waals surface area contributed by atoms with E-state index in [1.165, 1.54) is 13.8 Å². The number of thiol groups is 2. The van der Waals surface area contributed by atoms with E-state index in [0.717, 1.165) is 29.4 Å². The van der Waals surface area contributed by atoms with Gasteiger partial charge in [0.1, 0.15) is 0 Å². The Bertz CT molecular complexity index is 168. The molecule has 0 rings (SSSR count). The summed E-state index contributed by atoms with van der Waals surface area (Å²) in [5, 5.41) is 0. The van der Waals surface area contributed by atoms with E-state index < -0.39 is 0 Å². The molecule has 0 aliphatic rings. The second kappa shape index (κ2) is 5.90. The lowest BCUT2D eigenvalue weighted by molar-refractivity contribution is -0.121. The number of rotatable bonds is 3. The van der Waals surface area contributed by atoms with Crippen molar-refractivity contribution in [2.45, 2.75) is 13.8 Å². The van der Waals surface area contributed by atoms with Gasteiger partial charge in [0, 0.05) is 13.8 Å². The summed E-state index contributed by atoms with van der Waals surface area (Å²) >= 11 is 7.64. The van der Waals surface area contributed by atoms with Crippen LogP contribution in [0.2, 0.25) is 0 Å². The van der Waals surface area contributed by atoms with Crippen LogP contribution in [0.4, 0.5) is 0 Å². The first kappa shape index (κ1) is 12.3. The molecular formula is C4H8N2O2S4. The normalized spacial score (nSPS) is 9.33. The van der Waals surface area contributed by atoms with Crippen molar-refractivity contribution in [1.82, 2.24) is 7.42 Å². The van der Waals surface area contributed by atoms with E-state index in [1.54, 1.807) is 0 Å². The summed E-state index contributed by atoms with van der Waals surface area (Å²) in [6, 6.07) is 0. The van der Waals surface area contributed by atoms with Gasteiger partial charge in [0.15, 0.2) is 0 Å². The first-order valence-corrected chi connectivity index (χ1v) is 5.65. The smallest absolute Gasteiger partial charge is 0.240 e. The minimum absolute atomic E-state index is 0.207. The second-order valence-electron chi connectivity index (χ2n) is 1.73. The highest BCUT2D eigenvalue weighted by atomic mass is 33.1. The van der Waals surface area contributed by atoms with Gasteiger partial charge in [-0.1, -0.05) is 25.6 Å². The Hall–Kier alpha value is 0.340. The topological polar surface area (TPSA) is 40.6 Å². The van der Waals surface area contributed by atoms with Gasteiger partial charge in [-0.3, -0.25) is 9.59 Å². The fourth-order valence-electron chi connectivity index (χ4n) is 0.168. The number of carbonyl (C=O) groups is 2. The van der Waals surface area contributed by atoms with Gasteiger partial charge in [0.25, 0.3) is 0 Å². The van der Waals surface area contributed by atoms with Crippen LogP contribution in [0.15, 0.2) is 0 Å². The van der Waals surface area contributed by atoms with Crippen molar-refractivity contribution < 1.29 is 9.59 Å². The number of nitrogens with zero attached hydrogens (tertiary/aromatic N) is 2. The molecule has 2 amide bonds. The number of amides is 2. The Balaban J connectivity index is 3.68. The second-order valence-corrected chi connectivity index (χ2v) is 5.00. The highest BCUT2D eigenvalue weighted by molar-refractivity contribution is 8.77. The molecule has 0 spiro atoms. The standard InChI is InChI=1S/C4H8N2O2S4/c1-3(7)5(9)11-12-6(10)4(2)8/h9-10H,1-2H3. The summed E-state index contributed by atoms with van der Waals surface area (Å²) < 4.78 is 2.22. The Morgan fingerprint density at radius 3 is 1.42 bits per heavy atom. The van der Waals surface area contributed by atoms with Crippen molar-refractivity contribution >= 4 is 59.4 Å². The maximum atomic E-state index is 10.6. The monoisotopic (exact) mass is 244 g/mol. The quantitative estimate of drug-likeness (QED) is 0.449. The van der Waals surface area contributed by atoms with Gasteiger partial charge in [-0.15, -0.1) is 0 Å². The molecule has 8 heteroatoms. The molecule has 0 aliphatic carbocycles. The zero-order chi connectivity index (χ0) is 9.72. The van der Waals surface area contributed by atoms with E-state index in [0.29, 0.717) is 0 Å². The van der Waals surface area contributed by atoms with Crippen molar-refractivity contribution in [2.24, 2.45) is 0 Å². The Labute approximate surface area is 90.2 Å². The molecule has 70 valence electrons. The first-order chi connectivity index (χ1) is 5.45. The molecule has 0 aromatic carbocycles. The fraction of sp³-hybridized carbons (Fsp3) is 0.500. The van der Waals surface area contributed by atoms with Gasteiger partial charge in [0.05, 0.1) is 22.0 Å². The lowest BCUT2D eigenvalue weighted by Gasteiger charge is -2.14. The summed E-state index contributed by atoms with van der Waals surface area (Å²) in [6.07, 6.45) is 0. The van der Waals surface area contributed by atoms with Crippen molar-refractivity contribution in [3.63, 3.8) is 0 Å². The van der Waals surface area contributed by atoms with Gasteiger partial charge in [0.2, 0.25) is 11.8 Å². The van der Waals surface area contributed by atoms with Gasteiger partial charge in [-0.05, 0) is 0 Å². The SMILES string of the molecule is CC(=O)N(S)SSN(S)C(C)=O. The van der Waals surface area contributed by atoms with Gasteiger partial charge in [-0.2, -0.15) is 0 Å². The molecule has 0 aliphatic heterocycles. The van der Waals surface area contributed by atoms with Gasteiger partial charge in [-0.25, -0.2) is 7.42 Å². The molecule has 4 nitrogen and oxygen atoms in total. The lowest BCUT2D eigenvalue weighted by atomic mass is 10.8. The van der Waals surface area contributed by atoms with Crippen LogP contribution in [0.1, 0.15) is 13.8 Å². The zero-order valence-electron chi connectivity index (χ0n) is 6.42. The molecule has 0 heterocycles. The van der Waals surface area contributed by atoms with E-state index in [9.17, 15) is 9.59 Å². The molecule has 0 saturated carbocycles. The maximum Gasteiger partial charge on any atom is 0.240 e. The Kier molecular flexibility index (Phi) is 6.06. The largest absolute Gasteiger partial charge is 0.273 e. The van der Waals surface area contributed by atoms with Crippen LogP contribution in [0, 0.1) is 0 Å². The summed E-state index contributed by atoms with van der Waals surface area (Å²) in [4.78, 5) is 21.2. The van der Waals surface area contributed by atoms with Crippen molar-refractivity contribution in [3.05, 3.63) is 0 Å². The lowest BCUT2D eigenvalue weighted by Crippen LogP contribution is -2.12. The van der Waals surface area contributed by atoms with Crippen LogP contribution in [0.3, 0.4) is 0 Å². The van der Waals surface area contributed by atoms with Crippen LogP contribution >= 0.6 is 47.6 Å².